The van der Waals surface area contributed by atoms with Crippen molar-refractivity contribution in [1.29, 1.82) is 0 Å². The molecule has 2 aromatic heterocycles. The van der Waals surface area contributed by atoms with Crippen molar-refractivity contribution in [3.63, 3.8) is 0 Å². The summed E-state index contributed by atoms with van der Waals surface area (Å²) in [7, 11) is -4.54. The van der Waals surface area contributed by atoms with Crippen LogP contribution in [0.25, 0.3) is 22.6 Å². The quantitative estimate of drug-likeness (QED) is 0.374. The first-order chi connectivity index (χ1) is 11.8. The second kappa shape index (κ2) is 6.36. The molecule has 0 spiro atoms. The monoisotopic (exact) mass is 364 g/mol. The van der Waals surface area contributed by atoms with Crippen molar-refractivity contribution in [1.82, 2.24) is 9.55 Å². The Kier molecular flexibility index (Phi) is 4.38. The number of carbonyl (C=O) groups is 1. The van der Waals surface area contributed by atoms with E-state index in [1.165, 1.54) is 12.3 Å². The van der Waals surface area contributed by atoms with E-state index in [1.54, 1.807) is 22.8 Å². The molecule has 25 heavy (non-hydrogen) atoms. The fourth-order valence-electron chi connectivity index (χ4n) is 2.68. The molecule has 2 heterocycles. The molecule has 0 aliphatic rings. The van der Waals surface area contributed by atoms with Gasteiger partial charge in [-0.05, 0) is 24.6 Å². The number of amides is 1. The Morgan fingerprint density at radius 2 is 2.08 bits per heavy atom. The van der Waals surface area contributed by atoms with Crippen LogP contribution in [0.15, 0.2) is 34.9 Å². The Labute approximate surface area is 142 Å². The summed E-state index contributed by atoms with van der Waals surface area (Å²) in [6.07, 6.45) is 1.81. The second-order valence-corrected chi connectivity index (χ2v) is 7.12. The summed E-state index contributed by atoms with van der Waals surface area (Å²) in [6, 6.07) is 6.43. The molecule has 9 nitrogen and oxygen atoms in total. The number of carbonyl (C=O) groups excluding carboxylic acids is 1. The average Bonchev–Trinajstić information content (AvgIpc) is 3.12. The van der Waals surface area contributed by atoms with Crippen LogP contribution in [0.3, 0.4) is 0 Å². The molecular weight excluding hydrogens is 347 g/mol. The molecule has 1 aromatic carbocycles. The van der Waals surface area contributed by atoms with E-state index < -0.39 is 13.5 Å². The molecule has 0 fully saturated rings. The number of primary amides is 1. The maximum atomic E-state index is 11.7. The lowest BCUT2D eigenvalue weighted by Gasteiger charge is -2.09. The summed E-state index contributed by atoms with van der Waals surface area (Å²) in [4.78, 5) is 34.4. The molecule has 0 aliphatic carbocycles. The third-order valence-corrected chi connectivity index (χ3v) is 4.76. The normalized spacial score (nSPS) is 11.9. The second-order valence-electron chi connectivity index (χ2n) is 5.55. The first-order valence-corrected chi connectivity index (χ1v) is 9.07. The lowest BCUT2D eigenvalue weighted by Crippen LogP contribution is -2.12. The first-order valence-electron chi connectivity index (χ1n) is 7.46. The number of rotatable bonds is 6. The van der Waals surface area contributed by atoms with Crippen molar-refractivity contribution in [3.05, 3.63) is 30.5 Å². The highest BCUT2D eigenvalue weighted by Crippen LogP contribution is 2.39. The van der Waals surface area contributed by atoms with Crippen molar-refractivity contribution >= 4 is 35.5 Å². The number of nitrogens with two attached hydrogens (primary N) is 2. The lowest BCUT2D eigenvalue weighted by molar-refractivity contribution is -0.118. The molecule has 0 radical (unpaired) electrons. The molecule has 0 saturated heterocycles. The van der Waals surface area contributed by atoms with Gasteiger partial charge in [-0.2, -0.15) is 0 Å². The lowest BCUT2D eigenvalue weighted by atomic mass is 10.2. The van der Waals surface area contributed by atoms with Gasteiger partial charge in [0.15, 0.2) is 11.6 Å². The van der Waals surface area contributed by atoms with Crippen molar-refractivity contribution < 1.29 is 23.6 Å². The molecule has 10 heteroatoms. The number of para-hydroxylation sites is 1. The van der Waals surface area contributed by atoms with Gasteiger partial charge in [-0.15, -0.1) is 0 Å². The fourth-order valence-corrected chi connectivity index (χ4v) is 3.35. The van der Waals surface area contributed by atoms with E-state index in [-0.39, 0.29) is 23.3 Å². The van der Waals surface area contributed by atoms with Gasteiger partial charge in [0.05, 0.1) is 17.5 Å². The minimum absolute atomic E-state index is 0.0250. The van der Waals surface area contributed by atoms with Crippen LogP contribution in [0.2, 0.25) is 0 Å². The maximum Gasteiger partial charge on any atom is 0.360 e. The van der Waals surface area contributed by atoms with Crippen LogP contribution < -0.4 is 16.8 Å². The van der Waals surface area contributed by atoms with Gasteiger partial charge < -0.3 is 30.2 Å². The molecule has 6 N–H and O–H groups in total. The van der Waals surface area contributed by atoms with Crippen molar-refractivity contribution in [3.8, 4) is 11.6 Å². The van der Waals surface area contributed by atoms with E-state index in [0.717, 1.165) is 0 Å². The van der Waals surface area contributed by atoms with Gasteiger partial charge >= 0.3 is 7.60 Å². The third kappa shape index (κ3) is 3.30. The minimum atomic E-state index is -4.54. The van der Waals surface area contributed by atoms with Gasteiger partial charge in [-0.1, -0.05) is 6.07 Å². The molecule has 0 atom stereocenters. The number of anilines is 1. The zero-order chi connectivity index (χ0) is 18.2. The standard InChI is InChI=1S/C15H17N4O5P/c16-9-3-1-4-10-13(9)18-15(19(10)7-2-5-12(17)20)14-11(6-8-24-14)25(21,22)23/h1,3-4,6,8H,2,5,7,16H2,(H2,17,20)(H2,21,22,23). The van der Waals surface area contributed by atoms with Crippen LogP contribution in [0.1, 0.15) is 12.8 Å². The van der Waals surface area contributed by atoms with E-state index in [2.05, 4.69) is 4.98 Å². The average molecular weight is 364 g/mol. The first kappa shape index (κ1) is 17.2. The Balaban J connectivity index is 2.17. The van der Waals surface area contributed by atoms with Crippen molar-refractivity contribution in [2.75, 3.05) is 5.73 Å². The Morgan fingerprint density at radius 3 is 2.76 bits per heavy atom. The number of imidazole rings is 1. The smallest absolute Gasteiger partial charge is 0.360 e. The number of nitrogen functional groups attached to an aromatic ring is 1. The molecule has 0 aliphatic heterocycles. The number of fused-ring (bicyclic) bond motifs is 1. The van der Waals surface area contributed by atoms with E-state index in [0.29, 0.717) is 29.7 Å². The fraction of sp³-hybridized carbons (Fsp3) is 0.200. The zero-order valence-electron chi connectivity index (χ0n) is 13.1. The topological polar surface area (TPSA) is 158 Å². The van der Waals surface area contributed by atoms with Gasteiger partial charge in [-0.25, -0.2) is 4.98 Å². The summed E-state index contributed by atoms with van der Waals surface area (Å²) in [5, 5.41) is -0.252. The number of furan rings is 1. The van der Waals surface area contributed by atoms with Crippen LogP contribution in [0.4, 0.5) is 5.69 Å². The van der Waals surface area contributed by atoms with E-state index in [9.17, 15) is 19.1 Å². The SMILES string of the molecule is NC(=O)CCCn1c(-c2occc2P(=O)(O)O)nc2c(N)cccc21. The minimum Gasteiger partial charge on any atom is -0.460 e. The molecule has 132 valence electrons. The highest BCUT2D eigenvalue weighted by atomic mass is 31.2. The van der Waals surface area contributed by atoms with Gasteiger partial charge in [0.25, 0.3) is 0 Å². The number of hydrogen-bond acceptors (Lipinski definition) is 5. The molecule has 3 rings (SSSR count). The maximum absolute atomic E-state index is 11.7. The number of nitrogens with zero attached hydrogens (tertiary/aromatic N) is 2. The molecular formula is C15H17N4O5P. The largest absolute Gasteiger partial charge is 0.460 e. The highest BCUT2D eigenvalue weighted by Gasteiger charge is 2.28. The predicted octanol–water partition coefficient (Wildman–Crippen LogP) is 0.947. The number of hydrogen-bond donors (Lipinski definition) is 4. The summed E-state index contributed by atoms with van der Waals surface area (Å²) in [5.74, 6) is -0.219. The molecule has 1 amide bonds. The van der Waals surface area contributed by atoms with Crippen LogP contribution in [0.5, 0.6) is 0 Å². The van der Waals surface area contributed by atoms with Crippen LogP contribution in [0, 0.1) is 0 Å². The van der Waals surface area contributed by atoms with Gasteiger partial charge in [0, 0.05) is 13.0 Å². The molecule has 0 bridgehead atoms. The predicted molar refractivity (Wildman–Crippen MR) is 92.0 cm³/mol. The zero-order valence-corrected chi connectivity index (χ0v) is 14.0. The van der Waals surface area contributed by atoms with Crippen LogP contribution in [-0.4, -0.2) is 25.2 Å². The van der Waals surface area contributed by atoms with Gasteiger partial charge in [0.1, 0.15) is 10.8 Å². The Hall–Kier alpha value is -2.61. The highest BCUT2D eigenvalue weighted by molar-refractivity contribution is 7.60. The summed E-state index contributed by atoms with van der Waals surface area (Å²) >= 11 is 0. The van der Waals surface area contributed by atoms with Crippen molar-refractivity contribution in [2.45, 2.75) is 19.4 Å². The Morgan fingerprint density at radius 1 is 1.32 bits per heavy atom. The number of benzene rings is 1. The van der Waals surface area contributed by atoms with Crippen LogP contribution >= 0.6 is 7.60 Å². The van der Waals surface area contributed by atoms with E-state index >= 15 is 0 Å². The molecule has 0 unspecified atom stereocenters. The molecule has 0 saturated carbocycles. The molecule has 3 aromatic rings. The number of aromatic nitrogens is 2. The van der Waals surface area contributed by atoms with Gasteiger partial charge in [0.2, 0.25) is 5.91 Å². The van der Waals surface area contributed by atoms with E-state index in [1.807, 2.05) is 0 Å². The Bertz CT molecular complexity index is 987. The van der Waals surface area contributed by atoms with Crippen LogP contribution in [-0.2, 0) is 15.9 Å². The summed E-state index contributed by atoms with van der Waals surface area (Å²) in [6.45, 7) is 0.361. The third-order valence-electron chi connectivity index (χ3n) is 3.78. The number of aryl methyl sites for hydroxylation is 1. The van der Waals surface area contributed by atoms with Gasteiger partial charge in [-0.3, -0.25) is 9.36 Å². The van der Waals surface area contributed by atoms with E-state index in [4.69, 9.17) is 15.9 Å². The summed E-state index contributed by atoms with van der Waals surface area (Å²) < 4.78 is 18.7. The van der Waals surface area contributed by atoms with Crippen molar-refractivity contribution in [2.24, 2.45) is 5.73 Å². The summed E-state index contributed by atoms with van der Waals surface area (Å²) in [5.41, 5.74) is 12.7.